The molecule has 2 rings (SSSR count). The fourth-order valence-corrected chi connectivity index (χ4v) is 2.43. The van der Waals surface area contributed by atoms with Gasteiger partial charge in [-0.1, -0.05) is 18.2 Å². The van der Waals surface area contributed by atoms with Gasteiger partial charge >= 0.3 is 0 Å². The number of methoxy groups -OCH3 is 1. The smallest absolute Gasteiger partial charge is 0.237 e. The molecule has 21 heavy (non-hydrogen) atoms. The predicted octanol–water partition coefficient (Wildman–Crippen LogP) is 1.13. The first kappa shape index (κ1) is 15.3. The Morgan fingerprint density at radius 3 is 2.95 bits per heavy atom. The summed E-state index contributed by atoms with van der Waals surface area (Å²) >= 11 is 0. The summed E-state index contributed by atoms with van der Waals surface area (Å²) in [5.74, 6) is -0.134. The maximum absolute atomic E-state index is 12.3. The minimum absolute atomic E-state index is 0.120. The van der Waals surface area contributed by atoms with Gasteiger partial charge in [-0.15, -0.1) is 0 Å². The van der Waals surface area contributed by atoms with Gasteiger partial charge in [-0.2, -0.15) is 0 Å². The monoisotopic (exact) mass is 288 g/mol. The van der Waals surface area contributed by atoms with E-state index in [4.69, 9.17) is 10.5 Å². The number of allylic oxidation sites excluding steroid dienone is 1. The molecule has 1 aliphatic rings. The molecule has 2 atom stereocenters. The fraction of sp³-hybridized carbons (Fsp3) is 0.375. The van der Waals surface area contributed by atoms with Crippen LogP contribution < -0.4 is 15.8 Å². The molecule has 1 amide bonds. The average molecular weight is 288 g/mol. The van der Waals surface area contributed by atoms with Crippen LogP contribution in [0.15, 0.2) is 30.3 Å². The van der Waals surface area contributed by atoms with E-state index in [0.29, 0.717) is 18.7 Å². The highest BCUT2D eigenvalue weighted by atomic mass is 16.5. The molecule has 2 unspecified atom stereocenters. The molecule has 0 aromatic heterocycles. The molecule has 1 saturated heterocycles. The van der Waals surface area contributed by atoms with Crippen LogP contribution in [-0.2, 0) is 9.59 Å². The molecule has 1 aromatic rings. The van der Waals surface area contributed by atoms with Gasteiger partial charge in [-0.05, 0) is 31.1 Å². The average Bonchev–Trinajstić information content (AvgIpc) is 2.67. The number of hydrogen-bond acceptors (Lipinski definition) is 4. The topological polar surface area (TPSA) is 81.4 Å². The number of nitrogens with two attached hydrogens (primary N) is 1. The highest BCUT2D eigenvalue weighted by molar-refractivity contribution is 5.99. The van der Waals surface area contributed by atoms with Gasteiger partial charge < -0.3 is 15.8 Å². The molecule has 0 radical (unpaired) electrons. The van der Waals surface area contributed by atoms with E-state index in [9.17, 15) is 9.59 Å². The maximum atomic E-state index is 12.3. The Kier molecular flexibility index (Phi) is 5.11. The number of nitrogens with one attached hydrogen (secondary N) is 1. The van der Waals surface area contributed by atoms with Crippen molar-refractivity contribution in [2.45, 2.75) is 18.9 Å². The lowest BCUT2D eigenvalue weighted by molar-refractivity contribution is -0.127. The van der Waals surface area contributed by atoms with Crippen molar-refractivity contribution < 1.29 is 14.3 Å². The first-order chi connectivity index (χ1) is 10.1. The van der Waals surface area contributed by atoms with Crippen LogP contribution in [0.2, 0.25) is 0 Å². The van der Waals surface area contributed by atoms with Crippen molar-refractivity contribution >= 4 is 17.8 Å². The lowest BCUT2D eigenvalue weighted by Crippen LogP contribution is -2.45. The number of amides is 1. The van der Waals surface area contributed by atoms with E-state index in [2.05, 4.69) is 5.32 Å². The number of ketones is 1. The third-order valence-electron chi connectivity index (χ3n) is 3.66. The minimum Gasteiger partial charge on any atom is -0.496 e. The number of carbonyl (C=O) groups excluding carboxylic acids is 2. The van der Waals surface area contributed by atoms with Crippen LogP contribution in [0.25, 0.3) is 6.08 Å². The molecule has 1 fully saturated rings. The molecule has 5 nitrogen and oxygen atoms in total. The summed E-state index contributed by atoms with van der Waals surface area (Å²) in [6, 6.07) is 6.65. The summed E-state index contributed by atoms with van der Waals surface area (Å²) in [5.41, 5.74) is 6.68. The van der Waals surface area contributed by atoms with Gasteiger partial charge in [0, 0.05) is 18.0 Å². The van der Waals surface area contributed by atoms with Crippen molar-refractivity contribution in [1.82, 2.24) is 5.32 Å². The summed E-state index contributed by atoms with van der Waals surface area (Å²) < 4.78 is 5.23. The van der Waals surface area contributed by atoms with Crippen molar-refractivity contribution in [3.05, 3.63) is 35.9 Å². The Morgan fingerprint density at radius 2 is 2.19 bits per heavy atom. The predicted molar refractivity (Wildman–Crippen MR) is 80.7 cm³/mol. The van der Waals surface area contributed by atoms with Gasteiger partial charge in [-0.3, -0.25) is 9.59 Å². The summed E-state index contributed by atoms with van der Waals surface area (Å²) in [6.07, 6.45) is 4.57. The normalized spacial score (nSPS) is 22.7. The zero-order valence-corrected chi connectivity index (χ0v) is 12.0. The molecule has 1 aromatic carbocycles. The molecule has 1 aliphatic heterocycles. The molecule has 112 valence electrons. The summed E-state index contributed by atoms with van der Waals surface area (Å²) in [7, 11) is 1.58. The van der Waals surface area contributed by atoms with Crippen molar-refractivity contribution in [3.63, 3.8) is 0 Å². The van der Waals surface area contributed by atoms with Crippen LogP contribution in [0.3, 0.4) is 0 Å². The van der Waals surface area contributed by atoms with Crippen molar-refractivity contribution in [3.8, 4) is 5.75 Å². The van der Waals surface area contributed by atoms with Gasteiger partial charge in [0.15, 0.2) is 5.78 Å². The van der Waals surface area contributed by atoms with Gasteiger partial charge in [0.05, 0.1) is 13.2 Å². The molecule has 5 heteroatoms. The Labute approximate surface area is 124 Å². The van der Waals surface area contributed by atoms with Crippen molar-refractivity contribution in [1.29, 1.82) is 0 Å². The zero-order chi connectivity index (χ0) is 15.2. The Bertz CT molecular complexity index is 554. The quantitative estimate of drug-likeness (QED) is 0.814. The van der Waals surface area contributed by atoms with Crippen LogP contribution in [0.5, 0.6) is 5.75 Å². The summed E-state index contributed by atoms with van der Waals surface area (Å²) in [6.45, 7) is 0.576. The number of rotatable bonds is 4. The highest BCUT2D eigenvalue weighted by Gasteiger charge is 2.30. The molecular weight excluding hydrogens is 268 g/mol. The second-order valence-electron chi connectivity index (χ2n) is 5.04. The van der Waals surface area contributed by atoms with Crippen LogP contribution in [-0.4, -0.2) is 31.4 Å². The molecule has 3 N–H and O–H groups in total. The second-order valence-corrected chi connectivity index (χ2v) is 5.04. The van der Waals surface area contributed by atoms with Crippen LogP contribution >= 0.6 is 0 Å². The number of ether oxygens (including phenoxy) is 1. The van der Waals surface area contributed by atoms with Crippen LogP contribution in [0.1, 0.15) is 18.4 Å². The van der Waals surface area contributed by atoms with E-state index in [0.717, 1.165) is 12.0 Å². The minimum atomic E-state index is -0.776. The van der Waals surface area contributed by atoms with E-state index < -0.39 is 12.0 Å². The highest BCUT2D eigenvalue weighted by Crippen LogP contribution is 2.20. The van der Waals surface area contributed by atoms with Crippen LogP contribution in [0.4, 0.5) is 0 Å². The van der Waals surface area contributed by atoms with Crippen molar-refractivity contribution in [2.24, 2.45) is 11.7 Å². The van der Waals surface area contributed by atoms with E-state index in [1.807, 2.05) is 24.3 Å². The molecular formula is C16H20N2O3. The number of carbonyl (C=O) groups is 2. The SMILES string of the molecule is COc1ccccc1C=CC(=O)C1CCCNC(=O)C1N. The standard InChI is InChI=1S/C16H20N2O3/c1-21-14-7-3-2-5-11(14)8-9-13(19)12-6-4-10-18-16(20)15(12)17/h2-3,5,7-9,12,15H,4,6,10,17H2,1H3,(H,18,20). The summed E-state index contributed by atoms with van der Waals surface area (Å²) in [5, 5.41) is 2.71. The van der Waals surface area contributed by atoms with E-state index >= 15 is 0 Å². The lowest BCUT2D eigenvalue weighted by atomic mass is 9.91. The van der Waals surface area contributed by atoms with Gasteiger partial charge in [0.25, 0.3) is 0 Å². The maximum Gasteiger partial charge on any atom is 0.237 e. The molecule has 0 bridgehead atoms. The third-order valence-corrected chi connectivity index (χ3v) is 3.66. The summed E-state index contributed by atoms with van der Waals surface area (Å²) in [4.78, 5) is 24.0. The van der Waals surface area contributed by atoms with Crippen LogP contribution in [0, 0.1) is 5.92 Å². The van der Waals surface area contributed by atoms with Gasteiger partial charge in [0.2, 0.25) is 5.91 Å². The molecule has 0 aliphatic carbocycles. The first-order valence-electron chi connectivity index (χ1n) is 7.01. The lowest BCUT2D eigenvalue weighted by Gasteiger charge is -2.16. The largest absolute Gasteiger partial charge is 0.496 e. The first-order valence-corrected chi connectivity index (χ1v) is 7.01. The number of benzene rings is 1. The second kappa shape index (κ2) is 7.04. The van der Waals surface area contributed by atoms with E-state index in [-0.39, 0.29) is 11.7 Å². The Morgan fingerprint density at radius 1 is 1.43 bits per heavy atom. The molecule has 0 spiro atoms. The third kappa shape index (κ3) is 3.70. The van der Waals surface area contributed by atoms with Crippen molar-refractivity contribution in [2.75, 3.05) is 13.7 Å². The molecule has 0 saturated carbocycles. The zero-order valence-electron chi connectivity index (χ0n) is 12.0. The van der Waals surface area contributed by atoms with Gasteiger partial charge in [0.1, 0.15) is 5.75 Å². The molecule has 1 heterocycles. The Balaban J connectivity index is 2.12. The number of hydrogen-bond donors (Lipinski definition) is 2. The fourth-order valence-electron chi connectivity index (χ4n) is 2.43. The van der Waals surface area contributed by atoms with E-state index in [1.165, 1.54) is 6.08 Å². The van der Waals surface area contributed by atoms with E-state index in [1.54, 1.807) is 13.2 Å². The number of para-hydroxylation sites is 1. The Hall–Kier alpha value is -2.14. The van der Waals surface area contributed by atoms with Gasteiger partial charge in [-0.25, -0.2) is 0 Å².